The fourth-order valence-electron chi connectivity index (χ4n) is 6.46. The van der Waals surface area contributed by atoms with Gasteiger partial charge < -0.3 is 14.2 Å². The van der Waals surface area contributed by atoms with Crippen LogP contribution >= 0.6 is 0 Å². The Balaban J connectivity index is 1.41. The Morgan fingerprint density at radius 3 is 1.88 bits per heavy atom. The lowest BCUT2D eigenvalue weighted by Crippen LogP contribution is -2.47. The van der Waals surface area contributed by atoms with E-state index in [-0.39, 0.29) is 17.8 Å². The number of rotatable bonds is 5. The minimum absolute atomic E-state index is 0.249. The number of esters is 2. The van der Waals surface area contributed by atoms with E-state index < -0.39 is 18.2 Å². The number of ether oxygens (including phenoxy) is 3. The van der Waals surface area contributed by atoms with Crippen LogP contribution in [0, 0.1) is 30.6 Å². The molecule has 32 heavy (non-hydrogen) atoms. The van der Waals surface area contributed by atoms with Gasteiger partial charge in [-0.15, -0.1) is 0 Å². The van der Waals surface area contributed by atoms with Crippen molar-refractivity contribution in [3.8, 4) is 5.75 Å². The standard InChI is InChI=1S/C27H30O5/c1-16-9-3-4-10-17(16)26(28)31-24-21-15-22(19-12-6-5-11-18(19)21)25(24)32-27(29)20-13-7-8-14-23(20)30-2/h3-4,7-10,13-14,18-19,21-22,24-25H,5-6,11-12,15H2,1-2H3. The van der Waals surface area contributed by atoms with E-state index in [1.54, 1.807) is 31.4 Å². The van der Waals surface area contributed by atoms with Crippen LogP contribution in [0.3, 0.4) is 0 Å². The minimum atomic E-state index is -0.413. The Labute approximate surface area is 189 Å². The lowest BCUT2D eigenvalue weighted by molar-refractivity contribution is -0.0873. The second-order valence-corrected chi connectivity index (χ2v) is 9.43. The highest BCUT2D eigenvalue weighted by atomic mass is 16.6. The van der Waals surface area contributed by atoms with Crippen LogP contribution < -0.4 is 4.74 Å². The van der Waals surface area contributed by atoms with Crippen LogP contribution in [-0.4, -0.2) is 31.3 Å². The first-order valence-electron chi connectivity index (χ1n) is 11.7. The molecule has 3 aliphatic rings. The van der Waals surface area contributed by atoms with Crippen molar-refractivity contribution in [2.75, 3.05) is 7.11 Å². The van der Waals surface area contributed by atoms with Crippen molar-refractivity contribution in [3.05, 3.63) is 65.2 Å². The van der Waals surface area contributed by atoms with Crippen molar-refractivity contribution in [2.24, 2.45) is 23.7 Å². The van der Waals surface area contributed by atoms with Gasteiger partial charge in [0.1, 0.15) is 23.5 Å². The van der Waals surface area contributed by atoms with Crippen LogP contribution in [0.25, 0.3) is 0 Å². The van der Waals surface area contributed by atoms with Gasteiger partial charge in [-0.05, 0) is 61.8 Å². The van der Waals surface area contributed by atoms with Crippen molar-refractivity contribution in [3.63, 3.8) is 0 Å². The predicted molar refractivity (Wildman–Crippen MR) is 120 cm³/mol. The number of hydrogen-bond acceptors (Lipinski definition) is 5. The van der Waals surface area contributed by atoms with E-state index in [0.29, 0.717) is 28.7 Å². The van der Waals surface area contributed by atoms with Gasteiger partial charge in [-0.1, -0.05) is 43.2 Å². The summed E-state index contributed by atoms with van der Waals surface area (Å²) in [6, 6.07) is 14.6. The Morgan fingerprint density at radius 1 is 0.750 bits per heavy atom. The smallest absolute Gasteiger partial charge is 0.342 e. The van der Waals surface area contributed by atoms with Gasteiger partial charge in [0, 0.05) is 11.8 Å². The lowest BCUT2D eigenvalue weighted by Gasteiger charge is -2.42. The number of benzene rings is 2. The predicted octanol–water partition coefficient (Wildman–Crippen LogP) is 5.21. The summed E-state index contributed by atoms with van der Waals surface area (Å²) in [4.78, 5) is 26.2. The van der Waals surface area contributed by atoms with Crippen molar-refractivity contribution in [1.29, 1.82) is 0 Å². The van der Waals surface area contributed by atoms with Crippen molar-refractivity contribution < 1.29 is 23.8 Å². The zero-order valence-corrected chi connectivity index (χ0v) is 18.7. The summed E-state index contributed by atoms with van der Waals surface area (Å²) in [5, 5.41) is 0. The monoisotopic (exact) mass is 434 g/mol. The molecule has 5 rings (SSSR count). The molecule has 5 nitrogen and oxygen atoms in total. The van der Waals surface area contributed by atoms with Gasteiger partial charge in [0.25, 0.3) is 0 Å². The molecule has 0 aromatic heterocycles. The second kappa shape index (κ2) is 8.61. The molecule has 6 atom stereocenters. The van der Waals surface area contributed by atoms with Crippen molar-refractivity contribution in [1.82, 2.24) is 0 Å². The number of hydrogen-bond donors (Lipinski definition) is 0. The molecule has 0 spiro atoms. The molecule has 0 N–H and O–H groups in total. The molecule has 2 bridgehead atoms. The molecular weight excluding hydrogens is 404 g/mol. The van der Waals surface area contributed by atoms with Crippen LogP contribution in [0.15, 0.2) is 48.5 Å². The molecule has 3 saturated carbocycles. The molecule has 2 aromatic carbocycles. The Morgan fingerprint density at radius 2 is 1.28 bits per heavy atom. The quantitative estimate of drug-likeness (QED) is 0.605. The van der Waals surface area contributed by atoms with Gasteiger partial charge in [0.05, 0.1) is 12.7 Å². The highest BCUT2D eigenvalue weighted by molar-refractivity contribution is 5.93. The molecule has 168 valence electrons. The van der Waals surface area contributed by atoms with E-state index in [1.807, 2.05) is 31.2 Å². The Kier molecular flexibility index (Phi) is 5.66. The molecule has 0 aliphatic heterocycles. The molecule has 3 aliphatic carbocycles. The maximum absolute atomic E-state index is 13.1. The van der Waals surface area contributed by atoms with Gasteiger partial charge in [-0.2, -0.15) is 0 Å². The summed E-state index contributed by atoms with van der Waals surface area (Å²) < 4.78 is 17.6. The number of carbonyl (C=O) groups is 2. The van der Waals surface area contributed by atoms with Crippen LogP contribution in [0.4, 0.5) is 0 Å². The van der Waals surface area contributed by atoms with Crippen LogP contribution in [0.2, 0.25) is 0 Å². The normalized spacial score (nSPS) is 30.4. The van der Waals surface area contributed by atoms with E-state index >= 15 is 0 Å². The molecule has 3 fully saturated rings. The lowest BCUT2D eigenvalue weighted by atomic mass is 9.69. The fourth-order valence-corrected chi connectivity index (χ4v) is 6.46. The summed E-state index contributed by atoms with van der Waals surface area (Å²) in [5.74, 6) is 1.37. The highest BCUT2D eigenvalue weighted by Crippen LogP contribution is 2.59. The van der Waals surface area contributed by atoms with Crippen LogP contribution in [0.1, 0.15) is 58.4 Å². The highest BCUT2D eigenvalue weighted by Gasteiger charge is 2.61. The molecule has 6 unspecified atom stereocenters. The summed E-state index contributed by atoms with van der Waals surface area (Å²) in [6.45, 7) is 1.91. The number of aryl methyl sites for hydroxylation is 1. The van der Waals surface area contributed by atoms with Gasteiger partial charge >= 0.3 is 11.9 Å². The molecule has 0 amide bonds. The summed E-state index contributed by atoms with van der Waals surface area (Å²) >= 11 is 0. The minimum Gasteiger partial charge on any atom is -0.496 e. The third-order valence-electron chi connectivity index (χ3n) is 7.86. The number of fused-ring (bicyclic) bond motifs is 5. The van der Waals surface area contributed by atoms with Crippen molar-refractivity contribution >= 4 is 11.9 Å². The largest absolute Gasteiger partial charge is 0.496 e. The summed E-state index contributed by atoms with van der Waals surface area (Å²) in [6.07, 6.45) is 4.96. The van der Waals surface area contributed by atoms with Crippen molar-refractivity contribution in [2.45, 2.75) is 51.2 Å². The molecule has 0 heterocycles. The van der Waals surface area contributed by atoms with E-state index in [1.165, 1.54) is 25.7 Å². The zero-order chi connectivity index (χ0) is 22.2. The number of methoxy groups -OCH3 is 1. The second-order valence-electron chi connectivity index (χ2n) is 9.43. The number of carbonyl (C=O) groups excluding carboxylic acids is 2. The number of para-hydroxylation sites is 1. The van der Waals surface area contributed by atoms with Gasteiger partial charge in [-0.25, -0.2) is 9.59 Å². The molecule has 5 heteroatoms. The molecule has 2 aromatic rings. The topological polar surface area (TPSA) is 61.8 Å². The van der Waals surface area contributed by atoms with Gasteiger partial charge in [-0.3, -0.25) is 0 Å². The first kappa shape index (κ1) is 21.0. The summed E-state index contributed by atoms with van der Waals surface area (Å²) in [5.41, 5.74) is 1.87. The average molecular weight is 435 g/mol. The van der Waals surface area contributed by atoms with Gasteiger partial charge in [0.15, 0.2) is 0 Å². The SMILES string of the molecule is COc1ccccc1C(=O)OC1C2CC(C3CCCCC32)C1OC(=O)c1ccccc1C. The first-order valence-corrected chi connectivity index (χ1v) is 11.7. The summed E-state index contributed by atoms with van der Waals surface area (Å²) in [7, 11) is 1.54. The van der Waals surface area contributed by atoms with Crippen LogP contribution in [-0.2, 0) is 9.47 Å². The van der Waals surface area contributed by atoms with Crippen LogP contribution in [0.5, 0.6) is 5.75 Å². The van der Waals surface area contributed by atoms with E-state index in [0.717, 1.165) is 12.0 Å². The Hall–Kier alpha value is -2.82. The maximum Gasteiger partial charge on any atom is 0.342 e. The molecule has 0 radical (unpaired) electrons. The van der Waals surface area contributed by atoms with E-state index in [9.17, 15) is 9.59 Å². The molecule has 0 saturated heterocycles. The fraction of sp³-hybridized carbons (Fsp3) is 0.481. The molecular formula is C27H30O5. The average Bonchev–Trinajstić information content (AvgIpc) is 3.36. The zero-order valence-electron chi connectivity index (χ0n) is 18.7. The third-order valence-corrected chi connectivity index (χ3v) is 7.86. The van der Waals surface area contributed by atoms with E-state index in [2.05, 4.69) is 0 Å². The van der Waals surface area contributed by atoms with E-state index in [4.69, 9.17) is 14.2 Å². The van der Waals surface area contributed by atoms with Gasteiger partial charge in [0.2, 0.25) is 0 Å². The first-order chi connectivity index (χ1) is 15.6. The maximum atomic E-state index is 13.1. The third kappa shape index (κ3) is 3.58. The Bertz CT molecular complexity index is 1010.